The van der Waals surface area contributed by atoms with Gasteiger partial charge in [-0.3, -0.25) is 9.78 Å². The molecule has 0 unspecified atom stereocenters. The number of methoxy groups -OCH3 is 3. The summed E-state index contributed by atoms with van der Waals surface area (Å²) in [6.45, 7) is 10.1. The summed E-state index contributed by atoms with van der Waals surface area (Å²) in [6, 6.07) is 11.5. The van der Waals surface area contributed by atoms with E-state index in [2.05, 4.69) is 11.9 Å². The van der Waals surface area contributed by atoms with Gasteiger partial charge >= 0.3 is 0 Å². The Hall–Kier alpha value is -3.54. The second-order valence-corrected chi connectivity index (χ2v) is 7.49. The minimum Gasteiger partial charge on any atom is -0.497 e. The first kappa shape index (κ1) is 27.7. The van der Waals surface area contributed by atoms with E-state index < -0.39 is 0 Å². The van der Waals surface area contributed by atoms with E-state index in [0.717, 1.165) is 51.5 Å². The Morgan fingerprint density at radius 1 is 0.829 bits per heavy atom. The molecule has 0 saturated heterocycles. The number of benzene rings is 2. The van der Waals surface area contributed by atoms with Crippen molar-refractivity contribution in [3.05, 3.63) is 69.8 Å². The molecular weight excluding hydrogens is 440 g/mol. The van der Waals surface area contributed by atoms with E-state index in [9.17, 15) is 4.79 Å². The van der Waals surface area contributed by atoms with Crippen molar-refractivity contribution in [2.75, 3.05) is 21.3 Å². The van der Waals surface area contributed by atoms with Crippen LogP contribution >= 0.6 is 0 Å². The number of aromatic amines is 1. The molecule has 35 heavy (non-hydrogen) atoms. The van der Waals surface area contributed by atoms with Gasteiger partial charge in [-0.25, -0.2) is 0 Å². The van der Waals surface area contributed by atoms with Crippen molar-refractivity contribution < 1.29 is 14.2 Å². The van der Waals surface area contributed by atoms with Crippen molar-refractivity contribution in [1.82, 2.24) is 9.97 Å². The van der Waals surface area contributed by atoms with Crippen LogP contribution in [0.5, 0.6) is 17.2 Å². The summed E-state index contributed by atoms with van der Waals surface area (Å²) >= 11 is 0. The molecule has 1 N–H and O–H groups in total. The summed E-state index contributed by atoms with van der Waals surface area (Å²) in [7, 11) is 4.88. The van der Waals surface area contributed by atoms with Crippen molar-refractivity contribution in [2.24, 2.45) is 0 Å². The van der Waals surface area contributed by atoms with Crippen LogP contribution in [-0.2, 0) is 12.8 Å². The monoisotopic (exact) mass is 478 g/mol. The van der Waals surface area contributed by atoms with Gasteiger partial charge in [-0.2, -0.15) is 0 Å². The van der Waals surface area contributed by atoms with E-state index in [0.29, 0.717) is 23.5 Å². The van der Waals surface area contributed by atoms with Crippen LogP contribution in [0.2, 0.25) is 0 Å². The molecule has 0 fully saturated rings. The molecule has 0 aliphatic rings. The predicted octanol–water partition coefficient (Wildman–Crippen LogP) is 6.70. The summed E-state index contributed by atoms with van der Waals surface area (Å²) in [6.07, 6.45) is 4.17. The number of pyridine rings is 2. The number of fused-ring (bicyclic) bond motifs is 2. The number of hydrogen-bond donors (Lipinski definition) is 1. The van der Waals surface area contributed by atoms with Crippen LogP contribution in [0.4, 0.5) is 0 Å². The van der Waals surface area contributed by atoms with Gasteiger partial charge in [0.1, 0.15) is 5.75 Å². The molecule has 0 atom stereocenters. The molecule has 4 rings (SSSR count). The lowest BCUT2D eigenvalue weighted by molar-refractivity contribution is 0.356. The summed E-state index contributed by atoms with van der Waals surface area (Å²) in [4.78, 5) is 20.5. The Labute approximate surface area is 208 Å². The minimum absolute atomic E-state index is 0.107. The lowest BCUT2D eigenvalue weighted by Crippen LogP contribution is -2.13. The molecule has 0 radical (unpaired) electrons. The highest BCUT2D eigenvalue weighted by Crippen LogP contribution is 2.35. The maximum absolute atomic E-state index is 12.8. The molecule has 0 spiro atoms. The molecule has 0 aliphatic carbocycles. The topological polar surface area (TPSA) is 73.4 Å². The Bertz CT molecular complexity index is 1310. The number of nitrogens with zero attached hydrogens (tertiary/aromatic N) is 1. The molecular formula is C29H38N2O4. The van der Waals surface area contributed by atoms with Gasteiger partial charge in [0.2, 0.25) is 0 Å². The predicted molar refractivity (Wildman–Crippen MR) is 145 cm³/mol. The summed E-state index contributed by atoms with van der Waals surface area (Å²) in [5.41, 5.74) is 3.32. The zero-order valence-electron chi connectivity index (χ0n) is 22.2. The molecule has 0 saturated carbocycles. The number of hydrogen-bond acceptors (Lipinski definition) is 5. The molecule has 0 aliphatic heterocycles. The van der Waals surface area contributed by atoms with Gasteiger partial charge in [0, 0.05) is 40.2 Å². The molecule has 6 nitrogen and oxygen atoms in total. The summed E-state index contributed by atoms with van der Waals surface area (Å²) in [5.74, 6) is 2.07. The lowest BCUT2D eigenvalue weighted by atomic mass is 9.97. The van der Waals surface area contributed by atoms with E-state index >= 15 is 0 Å². The van der Waals surface area contributed by atoms with Gasteiger partial charge in [0.15, 0.2) is 11.5 Å². The van der Waals surface area contributed by atoms with Crippen molar-refractivity contribution in [2.45, 2.75) is 53.9 Å². The molecule has 0 amide bonds. The number of nitrogens with one attached hydrogen (secondary N) is 1. The van der Waals surface area contributed by atoms with Gasteiger partial charge in [0.05, 0.1) is 21.3 Å². The second kappa shape index (κ2) is 13.4. The summed E-state index contributed by atoms with van der Waals surface area (Å²) in [5, 5.41) is 2.96. The maximum Gasteiger partial charge on any atom is 0.251 e. The second-order valence-electron chi connectivity index (χ2n) is 7.49. The van der Waals surface area contributed by atoms with Crippen molar-refractivity contribution in [3.63, 3.8) is 0 Å². The highest BCUT2D eigenvalue weighted by atomic mass is 16.5. The molecule has 2 aromatic heterocycles. The maximum atomic E-state index is 12.8. The Kier molecular flexibility index (Phi) is 10.6. The van der Waals surface area contributed by atoms with E-state index in [1.54, 1.807) is 21.3 Å². The van der Waals surface area contributed by atoms with Crippen LogP contribution in [0.1, 0.15) is 57.9 Å². The number of aromatic nitrogens is 2. The standard InChI is InChI=1S/C25H26N2O4.2C2H6/c1-5-6-22-20-13-24(31-4)23(30-3)12-19(20)17(14-26-22)10-16-9-15-11-18(29-2)7-8-21(15)27-25(16)28;2*1-2/h7-9,11-14H,5-6,10H2,1-4H3,(H,27,28);2*1-2H3. The van der Waals surface area contributed by atoms with E-state index in [-0.39, 0.29) is 5.56 Å². The van der Waals surface area contributed by atoms with Crippen LogP contribution in [0.3, 0.4) is 0 Å². The normalized spacial score (nSPS) is 10.2. The fraction of sp³-hybridized carbons (Fsp3) is 0.379. The molecule has 2 aromatic carbocycles. The Morgan fingerprint density at radius 2 is 1.49 bits per heavy atom. The molecule has 4 aromatic rings. The fourth-order valence-corrected chi connectivity index (χ4v) is 3.95. The quantitative estimate of drug-likeness (QED) is 0.320. The lowest BCUT2D eigenvalue weighted by Gasteiger charge is -2.14. The average molecular weight is 479 g/mol. The number of rotatable bonds is 7. The van der Waals surface area contributed by atoms with E-state index in [1.165, 1.54) is 0 Å². The molecule has 188 valence electrons. The van der Waals surface area contributed by atoms with Crippen LogP contribution in [-0.4, -0.2) is 31.3 Å². The first-order valence-corrected chi connectivity index (χ1v) is 12.3. The third-order valence-electron chi connectivity index (χ3n) is 5.55. The first-order valence-electron chi connectivity index (χ1n) is 12.3. The zero-order chi connectivity index (χ0) is 26.0. The fourth-order valence-electron chi connectivity index (χ4n) is 3.95. The average Bonchev–Trinajstić information content (AvgIpc) is 2.91. The van der Waals surface area contributed by atoms with Crippen LogP contribution in [0.15, 0.2) is 47.4 Å². The van der Waals surface area contributed by atoms with E-state index in [4.69, 9.17) is 19.2 Å². The highest BCUT2D eigenvalue weighted by Gasteiger charge is 2.15. The molecule has 0 bridgehead atoms. The van der Waals surface area contributed by atoms with Crippen molar-refractivity contribution >= 4 is 21.7 Å². The smallest absolute Gasteiger partial charge is 0.251 e. The van der Waals surface area contributed by atoms with Gasteiger partial charge in [-0.1, -0.05) is 41.0 Å². The van der Waals surface area contributed by atoms with Gasteiger partial charge in [-0.05, 0) is 53.8 Å². The Morgan fingerprint density at radius 3 is 2.09 bits per heavy atom. The SMILES string of the molecule is CC.CC.CCCc1ncc(Cc2cc3cc(OC)ccc3[nH]c2=O)c2cc(OC)c(OC)cc12. The summed E-state index contributed by atoms with van der Waals surface area (Å²) < 4.78 is 16.4. The van der Waals surface area contributed by atoms with Gasteiger partial charge in [-0.15, -0.1) is 0 Å². The minimum atomic E-state index is -0.107. The Balaban J connectivity index is 0.00000103. The van der Waals surface area contributed by atoms with Gasteiger partial charge < -0.3 is 19.2 Å². The van der Waals surface area contributed by atoms with Gasteiger partial charge in [0.25, 0.3) is 5.56 Å². The van der Waals surface area contributed by atoms with Crippen LogP contribution in [0, 0.1) is 0 Å². The molecule has 2 heterocycles. The first-order chi connectivity index (χ1) is 17.1. The molecule has 6 heteroatoms. The van der Waals surface area contributed by atoms with Crippen LogP contribution in [0.25, 0.3) is 21.7 Å². The number of ether oxygens (including phenoxy) is 3. The third-order valence-corrected chi connectivity index (χ3v) is 5.55. The van der Waals surface area contributed by atoms with Crippen molar-refractivity contribution in [3.8, 4) is 17.2 Å². The van der Waals surface area contributed by atoms with Crippen molar-refractivity contribution in [1.29, 1.82) is 0 Å². The number of H-pyrrole nitrogens is 1. The highest BCUT2D eigenvalue weighted by molar-refractivity contribution is 5.91. The zero-order valence-corrected chi connectivity index (χ0v) is 22.2. The van der Waals surface area contributed by atoms with E-state index in [1.807, 2.05) is 70.3 Å². The van der Waals surface area contributed by atoms with Crippen LogP contribution < -0.4 is 19.8 Å². The number of aryl methyl sites for hydroxylation is 1. The largest absolute Gasteiger partial charge is 0.497 e. The third kappa shape index (κ3) is 6.13.